The molecular weight excluding hydrogens is 450 g/mol. The summed E-state index contributed by atoms with van der Waals surface area (Å²) in [7, 11) is 3.18. The average molecular weight is 471 g/mol. The molecule has 8 heteroatoms. The van der Waals surface area contributed by atoms with Crippen LogP contribution < -0.4 is 24.5 Å². The smallest absolute Gasteiger partial charge is 0.264 e. The van der Waals surface area contributed by atoms with Crippen molar-refractivity contribution in [2.24, 2.45) is 0 Å². The van der Waals surface area contributed by atoms with Gasteiger partial charge in [-0.05, 0) is 54.6 Å². The molecule has 0 unspecified atom stereocenters. The summed E-state index contributed by atoms with van der Waals surface area (Å²) >= 11 is 0. The third-order valence-electron chi connectivity index (χ3n) is 5.82. The van der Waals surface area contributed by atoms with E-state index >= 15 is 0 Å². The second-order valence-corrected chi connectivity index (χ2v) is 7.95. The molecule has 0 atom stereocenters. The number of Topliss-reactive ketones (excluding diaryl/α,β-unsaturated/α-hetero) is 1. The lowest BCUT2D eigenvalue weighted by Crippen LogP contribution is -2.35. The molecule has 1 aliphatic heterocycles. The molecule has 8 nitrogen and oxygen atoms in total. The van der Waals surface area contributed by atoms with E-state index in [2.05, 4.69) is 0 Å². The van der Waals surface area contributed by atoms with E-state index in [1.165, 1.54) is 4.90 Å². The fraction of sp³-hybridized carbons (Fsp3) is 0.148. The summed E-state index contributed by atoms with van der Waals surface area (Å²) in [5.41, 5.74) is 1.45. The number of carbonyl (C=O) groups excluding carboxylic acids is 2. The summed E-state index contributed by atoms with van der Waals surface area (Å²) < 4.78 is 22.5. The molecule has 176 valence electrons. The highest BCUT2D eigenvalue weighted by molar-refractivity contribution is 6.02. The van der Waals surface area contributed by atoms with Crippen molar-refractivity contribution in [3.05, 3.63) is 82.5 Å². The topological polar surface area (TPSA) is 95.3 Å². The zero-order valence-electron chi connectivity index (χ0n) is 19.1. The highest BCUT2D eigenvalue weighted by Crippen LogP contribution is 2.34. The maximum atomic E-state index is 13.3. The third kappa shape index (κ3) is 4.10. The van der Waals surface area contributed by atoms with Gasteiger partial charge in [0.2, 0.25) is 11.2 Å². The molecule has 0 saturated carbocycles. The molecule has 35 heavy (non-hydrogen) atoms. The first-order chi connectivity index (χ1) is 17.0. The van der Waals surface area contributed by atoms with Crippen molar-refractivity contribution in [2.45, 2.75) is 0 Å². The lowest BCUT2D eigenvalue weighted by molar-refractivity contribution is -0.120. The molecule has 0 N–H and O–H groups in total. The summed E-state index contributed by atoms with van der Waals surface area (Å²) in [5.74, 6) is 0.740. The minimum Gasteiger partial charge on any atom is -0.497 e. The van der Waals surface area contributed by atoms with Gasteiger partial charge in [-0.1, -0.05) is 12.1 Å². The molecule has 0 aliphatic carbocycles. The molecule has 0 radical (unpaired) electrons. The van der Waals surface area contributed by atoms with Gasteiger partial charge >= 0.3 is 0 Å². The normalized spacial score (nSPS) is 12.7. The van der Waals surface area contributed by atoms with Crippen LogP contribution in [0.5, 0.6) is 17.2 Å². The maximum absolute atomic E-state index is 13.3. The van der Waals surface area contributed by atoms with Crippen LogP contribution in [-0.2, 0) is 4.79 Å². The first-order valence-electron chi connectivity index (χ1n) is 10.9. The van der Waals surface area contributed by atoms with E-state index in [4.69, 9.17) is 18.6 Å². The predicted octanol–water partition coefficient (Wildman–Crippen LogP) is 4.09. The fourth-order valence-corrected chi connectivity index (χ4v) is 3.86. The number of ether oxygens (including phenoxy) is 3. The Morgan fingerprint density at radius 3 is 2.57 bits per heavy atom. The van der Waals surface area contributed by atoms with Crippen molar-refractivity contribution >= 4 is 28.3 Å². The van der Waals surface area contributed by atoms with Crippen LogP contribution >= 0.6 is 0 Å². The van der Waals surface area contributed by atoms with Gasteiger partial charge in [0, 0.05) is 18.2 Å². The summed E-state index contributed by atoms with van der Waals surface area (Å²) in [6.07, 6.45) is 0. The van der Waals surface area contributed by atoms with Crippen molar-refractivity contribution in [3.63, 3.8) is 0 Å². The Labute approximate surface area is 200 Å². The van der Waals surface area contributed by atoms with E-state index in [9.17, 15) is 14.4 Å². The average Bonchev–Trinajstić information content (AvgIpc) is 2.90. The van der Waals surface area contributed by atoms with Gasteiger partial charge < -0.3 is 23.5 Å². The number of benzene rings is 3. The second-order valence-electron chi connectivity index (χ2n) is 7.95. The Hall–Kier alpha value is -4.59. The summed E-state index contributed by atoms with van der Waals surface area (Å²) in [4.78, 5) is 39.6. The lowest BCUT2D eigenvalue weighted by atomic mass is 10.1. The molecule has 1 aromatic heterocycles. The molecule has 5 rings (SSSR count). The van der Waals surface area contributed by atoms with Crippen LogP contribution in [0.25, 0.3) is 22.3 Å². The zero-order valence-corrected chi connectivity index (χ0v) is 19.1. The Kier molecular flexibility index (Phi) is 5.70. The first-order valence-corrected chi connectivity index (χ1v) is 10.9. The Morgan fingerprint density at radius 1 is 1.03 bits per heavy atom. The van der Waals surface area contributed by atoms with Gasteiger partial charge in [-0.3, -0.25) is 14.4 Å². The molecule has 4 aromatic rings. The quantitative estimate of drug-likeness (QED) is 0.391. The number of amides is 1. The van der Waals surface area contributed by atoms with Crippen molar-refractivity contribution < 1.29 is 28.2 Å². The Bertz CT molecular complexity index is 1500. The summed E-state index contributed by atoms with van der Waals surface area (Å²) in [6.45, 7) is -0.449. The molecule has 1 aliphatic rings. The van der Waals surface area contributed by atoms with Crippen LogP contribution in [0.4, 0.5) is 5.69 Å². The van der Waals surface area contributed by atoms with Crippen LogP contribution in [0.1, 0.15) is 10.4 Å². The number of fused-ring (bicyclic) bond motifs is 2. The maximum Gasteiger partial charge on any atom is 0.264 e. The number of rotatable bonds is 6. The summed E-state index contributed by atoms with van der Waals surface area (Å²) in [6, 6.07) is 18.6. The fourth-order valence-electron chi connectivity index (χ4n) is 3.86. The molecule has 0 saturated heterocycles. The van der Waals surface area contributed by atoms with E-state index in [1.54, 1.807) is 80.9 Å². The molecule has 1 amide bonds. The summed E-state index contributed by atoms with van der Waals surface area (Å²) in [5, 5.41) is 0.346. The van der Waals surface area contributed by atoms with Crippen LogP contribution in [-0.4, -0.2) is 39.1 Å². The minimum atomic E-state index is -0.399. The number of likely N-dealkylation sites (N-methyl/N-ethyl adjacent to an activating group) is 1. The van der Waals surface area contributed by atoms with Gasteiger partial charge in [0.1, 0.15) is 17.1 Å². The molecular formula is C27H21NO7. The number of hydrogen-bond donors (Lipinski definition) is 0. The van der Waals surface area contributed by atoms with Crippen LogP contribution in [0.2, 0.25) is 0 Å². The number of para-hydroxylation sites is 1. The van der Waals surface area contributed by atoms with Gasteiger partial charge in [0.15, 0.2) is 24.8 Å². The van der Waals surface area contributed by atoms with Crippen molar-refractivity contribution in [1.29, 1.82) is 0 Å². The van der Waals surface area contributed by atoms with Crippen LogP contribution in [0, 0.1) is 0 Å². The van der Waals surface area contributed by atoms with E-state index in [-0.39, 0.29) is 35.2 Å². The monoisotopic (exact) mass is 471 g/mol. The molecule has 3 aromatic carbocycles. The number of anilines is 1. The van der Waals surface area contributed by atoms with Crippen molar-refractivity contribution in [1.82, 2.24) is 0 Å². The van der Waals surface area contributed by atoms with E-state index in [0.29, 0.717) is 39.3 Å². The third-order valence-corrected chi connectivity index (χ3v) is 5.82. The number of carbonyl (C=O) groups is 2. The van der Waals surface area contributed by atoms with Crippen molar-refractivity contribution in [2.75, 3.05) is 32.3 Å². The number of hydrogen-bond acceptors (Lipinski definition) is 7. The van der Waals surface area contributed by atoms with Gasteiger partial charge in [-0.2, -0.15) is 0 Å². The second kappa shape index (κ2) is 8.98. The highest BCUT2D eigenvalue weighted by atomic mass is 16.5. The van der Waals surface area contributed by atoms with Gasteiger partial charge in [0.25, 0.3) is 5.91 Å². The number of nitrogens with zero attached hydrogens (tertiary/aromatic N) is 1. The SMILES string of the molecule is COc1ccc(-c2oc3ccccc3c(=O)c2OCC(=O)c2ccc3c(c2)N(C)C(=O)CO3)cc1. The van der Waals surface area contributed by atoms with Crippen LogP contribution in [0.15, 0.2) is 75.9 Å². The first kappa shape index (κ1) is 22.2. The minimum absolute atomic E-state index is 0.0498. The Morgan fingerprint density at radius 2 is 1.80 bits per heavy atom. The van der Waals surface area contributed by atoms with Gasteiger partial charge in [0.05, 0.1) is 18.2 Å². The largest absolute Gasteiger partial charge is 0.497 e. The van der Waals surface area contributed by atoms with Gasteiger partial charge in [-0.25, -0.2) is 0 Å². The van der Waals surface area contributed by atoms with Crippen molar-refractivity contribution in [3.8, 4) is 28.6 Å². The highest BCUT2D eigenvalue weighted by Gasteiger charge is 2.24. The standard InChI is InChI=1S/C27H21NO7/c1-28-20-13-17(9-12-23(20)33-15-24(28)30)21(29)14-34-27-25(31)19-5-3-4-6-22(19)35-26(27)16-7-10-18(32-2)11-8-16/h3-13H,14-15H2,1-2H3. The Balaban J connectivity index is 1.49. The molecule has 2 heterocycles. The molecule has 0 spiro atoms. The molecule has 0 bridgehead atoms. The van der Waals surface area contributed by atoms with E-state index in [0.717, 1.165) is 0 Å². The van der Waals surface area contributed by atoms with E-state index < -0.39 is 6.61 Å². The number of methoxy groups -OCH3 is 1. The number of ketones is 1. The van der Waals surface area contributed by atoms with E-state index in [1.807, 2.05) is 0 Å². The predicted molar refractivity (Wildman–Crippen MR) is 130 cm³/mol. The van der Waals surface area contributed by atoms with Gasteiger partial charge in [-0.15, -0.1) is 0 Å². The zero-order chi connectivity index (χ0) is 24.5. The lowest BCUT2D eigenvalue weighted by Gasteiger charge is -2.26. The molecule has 0 fully saturated rings. The van der Waals surface area contributed by atoms with Crippen LogP contribution in [0.3, 0.4) is 0 Å².